The van der Waals surface area contributed by atoms with Crippen molar-refractivity contribution in [3.05, 3.63) is 66.8 Å². The van der Waals surface area contributed by atoms with Crippen LogP contribution in [-0.2, 0) is 6.42 Å². The number of rotatable bonds is 4. The zero-order valence-electron chi connectivity index (χ0n) is 10.4. The molecule has 0 heteroatoms. The number of benzene rings is 2. The molecule has 0 aliphatic carbocycles. The Labute approximate surface area is 103 Å². The first-order valence-corrected chi connectivity index (χ1v) is 6.01. The molecule has 0 atom stereocenters. The van der Waals surface area contributed by atoms with Crippen LogP contribution in [-0.4, -0.2) is 0 Å². The smallest absolute Gasteiger partial charge is 0.0151 e. The van der Waals surface area contributed by atoms with Gasteiger partial charge in [0, 0.05) is 0 Å². The zero-order valence-corrected chi connectivity index (χ0v) is 10.4. The van der Waals surface area contributed by atoms with Gasteiger partial charge < -0.3 is 0 Å². The van der Waals surface area contributed by atoms with Crippen LogP contribution in [0.25, 0.3) is 16.3 Å². The number of hydrogen-bond donors (Lipinski definition) is 0. The quantitative estimate of drug-likeness (QED) is 0.639. The molecular formula is C17H18. The van der Waals surface area contributed by atoms with Gasteiger partial charge in [-0.25, -0.2) is 0 Å². The van der Waals surface area contributed by atoms with Crippen molar-refractivity contribution in [2.45, 2.75) is 19.8 Å². The molecule has 0 aliphatic rings. The summed E-state index contributed by atoms with van der Waals surface area (Å²) >= 11 is 0. The predicted molar refractivity (Wildman–Crippen MR) is 77.2 cm³/mol. The van der Waals surface area contributed by atoms with Gasteiger partial charge in [0.25, 0.3) is 0 Å². The number of hydrogen-bond acceptors (Lipinski definition) is 0. The van der Waals surface area contributed by atoms with E-state index < -0.39 is 0 Å². The molecule has 0 bridgehead atoms. The maximum atomic E-state index is 3.99. The van der Waals surface area contributed by atoms with Gasteiger partial charge in [-0.05, 0) is 47.7 Å². The monoisotopic (exact) mass is 222 g/mol. The summed E-state index contributed by atoms with van der Waals surface area (Å²) in [7, 11) is 0. The van der Waals surface area contributed by atoms with Gasteiger partial charge in [0.2, 0.25) is 0 Å². The number of allylic oxidation sites excluding steroid dienone is 2. The van der Waals surface area contributed by atoms with Crippen molar-refractivity contribution in [3.8, 4) is 0 Å². The summed E-state index contributed by atoms with van der Waals surface area (Å²) in [6.45, 7) is 9.82. The van der Waals surface area contributed by atoms with Gasteiger partial charge in [0.05, 0.1) is 0 Å². The molecular weight excluding hydrogens is 204 g/mol. The van der Waals surface area contributed by atoms with E-state index >= 15 is 0 Å². The molecule has 0 unspecified atom stereocenters. The minimum absolute atomic E-state index is 1.03. The summed E-state index contributed by atoms with van der Waals surface area (Å²) in [5.41, 5.74) is 3.73. The van der Waals surface area contributed by atoms with E-state index in [-0.39, 0.29) is 0 Å². The molecule has 2 aromatic rings. The van der Waals surface area contributed by atoms with Gasteiger partial charge in [-0.15, -0.1) is 6.58 Å². The fourth-order valence-electron chi connectivity index (χ4n) is 2.09. The van der Waals surface area contributed by atoms with Crippen LogP contribution in [0.2, 0.25) is 0 Å². The Bertz CT molecular complexity index is 561. The first kappa shape index (κ1) is 11.7. The Balaban J connectivity index is 2.50. The summed E-state index contributed by atoms with van der Waals surface area (Å²) in [4.78, 5) is 0. The minimum atomic E-state index is 1.03. The third kappa shape index (κ3) is 2.47. The average molecular weight is 222 g/mol. The van der Waals surface area contributed by atoms with Crippen molar-refractivity contribution in [2.75, 3.05) is 0 Å². The standard InChI is InChI=1S/C17H18/c1-4-5-7-14-8-6-9-16-12-15(13(2)3)10-11-17(14)16/h4,6,8-12H,1-2,5,7H2,3H3. The Morgan fingerprint density at radius 3 is 2.76 bits per heavy atom. The maximum Gasteiger partial charge on any atom is -0.0151 e. The van der Waals surface area contributed by atoms with Gasteiger partial charge in [0.1, 0.15) is 0 Å². The highest BCUT2D eigenvalue weighted by atomic mass is 14.1. The SMILES string of the molecule is C=CCCc1cccc2cc(C(=C)C)ccc12. The molecule has 17 heavy (non-hydrogen) atoms. The summed E-state index contributed by atoms with van der Waals surface area (Å²) in [6.07, 6.45) is 4.07. The molecule has 0 fully saturated rings. The maximum absolute atomic E-state index is 3.99. The van der Waals surface area contributed by atoms with Gasteiger partial charge in [-0.1, -0.05) is 48.6 Å². The lowest BCUT2D eigenvalue weighted by Gasteiger charge is -2.07. The van der Waals surface area contributed by atoms with Crippen LogP contribution in [0, 0.1) is 0 Å². The molecule has 2 rings (SSSR count). The van der Waals surface area contributed by atoms with Gasteiger partial charge in [-0.2, -0.15) is 0 Å². The highest BCUT2D eigenvalue weighted by Gasteiger charge is 2.01. The van der Waals surface area contributed by atoms with Crippen LogP contribution < -0.4 is 0 Å². The molecule has 0 aliphatic heterocycles. The van der Waals surface area contributed by atoms with Crippen molar-refractivity contribution >= 4 is 16.3 Å². The molecule has 0 radical (unpaired) electrons. The van der Waals surface area contributed by atoms with Crippen molar-refractivity contribution in [2.24, 2.45) is 0 Å². The molecule has 0 N–H and O–H groups in total. The van der Waals surface area contributed by atoms with Crippen LogP contribution in [0.15, 0.2) is 55.6 Å². The van der Waals surface area contributed by atoms with Crippen LogP contribution in [0.4, 0.5) is 0 Å². The summed E-state index contributed by atoms with van der Waals surface area (Å²) in [5, 5.41) is 2.64. The van der Waals surface area contributed by atoms with Gasteiger partial charge in [0.15, 0.2) is 0 Å². The lowest BCUT2D eigenvalue weighted by atomic mass is 9.97. The Kier molecular flexibility index (Phi) is 3.43. The predicted octanol–water partition coefficient (Wildman–Crippen LogP) is 4.99. The minimum Gasteiger partial charge on any atom is -0.103 e. The highest BCUT2D eigenvalue weighted by molar-refractivity contribution is 5.88. The van der Waals surface area contributed by atoms with E-state index in [2.05, 4.69) is 49.6 Å². The van der Waals surface area contributed by atoms with Crippen molar-refractivity contribution in [1.82, 2.24) is 0 Å². The lowest BCUT2D eigenvalue weighted by molar-refractivity contribution is 1.02. The van der Waals surface area contributed by atoms with Gasteiger partial charge in [-0.3, -0.25) is 0 Å². The van der Waals surface area contributed by atoms with Crippen molar-refractivity contribution in [3.63, 3.8) is 0 Å². The third-order valence-corrected chi connectivity index (χ3v) is 3.08. The van der Waals surface area contributed by atoms with Gasteiger partial charge >= 0.3 is 0 Å². The molecule has 0 saturated heterocycles. The molecule has 0 amide bonds. The largest absolute Gasteiger partial charge is 0.103 e. The third-order valence-electron chi connectivity index (χ3n) is 3.08. The Morgan fingerprint density at radius 2 is 2.06 bits per heavy atom. The van der Waals surface area contributed by atoms with Crippen LogP contribution in [0.5, 0.6) is 0 Å². The summed E-state index contributed by atoms with van der Waals surface area (Å²) < 4.78 is 0. The topological polar surface area (TPSA) is 0 Å². The highest BCUT2D eigenvalue weighted by Crippen LogP contribution is 2.24. The second-order valence-corrected chi connectivity index (χ2v) is 4.46. The fourth-order valence-corrected chi connectivity index (χ4v) is 2.09. The van der Waals surface area contributed by atoms with Crippen LogP contribution >= 0.6 is 0 Å². The molecule has 0 saturated carbocycles. The molecule has 0 nitrogen and oxygen atoms in total. The summed E-state index contributed by atoms with van der Waals surface area (Å²) in [5.74, 6) is 0. The van der Waals surface area contributed by atoms with Crippen LogP contribution in [0.1, 0.15) is 24.5 Å². The second kappa shape index (κ2) is 5.01. The van der Waals surface area contributed by atoms with E-state index in [1.807, 2.05) is 13.0 Å². The average Bonchev–Trinajstić information content (AvgIpc) is 2.35. The van der Waals surface area contributed by atoms with E-state index in [4.69, 9.17) is 0 Å². The van der Waals surface area contributed by atoms with Crippen molar-refractivity contribution < 1.29 is 0 Å². The van der Waals surface area contributed by atoms with Crippen LogP contribution in [0.3, 0.4) is 0 Å². The fraction of sp³-hybridized carbons (Fsp3) is 0.176. The van der Waals surface area contributed by atoms with E-state index in [0.29, 0.717) is 0 Å². The van der Waals surface area contributed by atoms with Crippen molar-refractivity contribution in [1.29, 1.82) is 0 Å². The molecule has 0 aromatic heterocycles. The first-order chi connectivity index (χ1) is 8.22. The lowest BCUT2D eigenvalue weighted by Crippen LogP contribution is -1.87. The van der Waals surface area contributed by atoms with E-state index in [9.17, 15) is 0 Å². The molecule has 2 aromatic carbocycles. The second-order valence-electron chi connectivity index (χ2n) is 4.46. The molecule has 86 valence electrons. The normalized spacial score (nSPS) is 10.4. The summed E-state index contributed by atoms with van der Waals surface area (Å²) in [6, 6.07) is 13.1. The molecule has 0 spiro atoms. The number of aryl methyl sites for hydroxylation is 1. The molecule has 0 heterocycles. The number of fused-ring (bicyclic) bond motifs is 1. The van der Waals surface area contributed by atoms with E-state index in [1.54, 1.807) is 0 Å². The van der Waals surface area contributed by atoms with E-state index in [1.165, 1.54) is 21.9 Å². The Hall–Kier alpha value is -1.82. The first-order valence-electron chi connectivity index (χ1n) is 6.01. The van der Waals surface area contributed by atoms with E-state index in [0.717, 1.165) is 18.4 Å². The zero-order chi connectivity index (χ0) is 12.3. The Morgan fingerprint density at radius 1 is 1.24 bits per heavy atom.